The molecule has 1 aliphatic carbocycles. The molecule has 1 unspecified atom stereocenters. The van der Waals surface area contributed by atoms with Crippen molar-refractivity contribution in [2.45, 2.75) is 38.2 Å². The zero-order valence-electron chi connectivity index (χ0n) is 17.8. The fourth-order valence-corrected chi connectivity index (χ4v) is 3.40. The normalized spacial score (nSPS) is 14.7. The number of aliphatic carboxylic acids is 1. The number of nitrogens with two attached hydrogens (primary N) is 1. The highest BCUT2D eigenvalue weighted by Crippen LogP contribution is 2.31. The number of carboxylic acids is 1. The summed E-state index contributed by atoms with van der Waals surface area (Å²) in [6, 6.07) is 11.0. The Morgan fingerprint density at radius 2 is 1.91 bits per heavy atom. The highest BCUT2D eigenvalue weighted by atomic mass is 19.4. The zero-order chi connectivity index (χ0) is 24.0. The number of carbonyl (C=O) groups is 2. The fourth-order valence-electron chi connectivity index (χ4n) is 3.40. The minimum absolute atomic E-state index is 0.0221. The second-order valence-corrected chi connectivity index (χ2v) is 8.10. The van der Waals surface area contributed by atoms with Gasteiger partial charge in [-0.1, -0.05) is 24.3 Å². The Hall–Kier alpha value is -3.11. The summed E-state index contributed by atoms with van der Waals surface area (Å²) in [6.07, 6.45) is -2.31. The molecule has 0 saturated heterocycles. The van der Waals surface area contributed by atoms with Gasteiger partial charge in [0.25, 0.3) is 5.91 Å². The molecule has 0 spiro atoms. The minimum atomic E-state index is -4.85. The first-order valence-electron chi connectivity index (χ1n) is 10.6. The number of rotatable bonds is 11. The number of para-hydroxylation sites is 1. The molecule has 1 saturated carbocycles. The largest absolute Gasteiger partial charge is 0.573 e. The Bertz CT molecular complexity index is 979. The van der Waals surface area contributed by atoms with Crippen molar-refractivity contribution < 1.29 is 32.6 Å². The monoisotopic (exact) mass is 465 g/mol. The van der Waals surface area contributed by atoms with E-state index in [9.17, 15) is 22.8 Å². The summed E-state index contributed by atoms with van der Waals surface area (Å²) < 4.78 is 41.3. The quantitative estimate of drug-likeness (QED) is 0.466. The zero-order valence-corrected chi connectivity index (χ0v) is 17.8. The van der Waals surface area contributed by atoms with E-state index >= 15 is 0 Å². The number of nitrogens with zero attached hydrogens (tertiary/aromatic N) is 1. The van der Waals surface area contributed by atoms with E-state index in [4.69, 9.17) is 10.8 Å². The number of amides is 1. The Labute approximate surface area is 189 Å². The number of benzene rings is 2. The molecule has 1 atom stereocenters. The minimum Gasteiger partial charge on any atom is -0.480 e. The molecule has 7 nitrogen and oxygen atoms in total. The van der Waals surface area contributed by atoms with Gasteiger partial charge in [-0.25, -0.2) is 0 Å². The van der Waals surface area contributed by atoms with E-state index in [1.807, 2.05) is 12.1 Å². The predicted molar refractivity (Wildman–Crippen MR) is 116 cm³/mol. The summed E-state index contributed by atoms with van der Waals surface area (Å²) in [5.41, 5.74) is 7.00. The van der Waals surface area contributed by atoms with Crippen LogP contribution in [0.5, 0.6) is 5.75 Å². The van der Waals surface area contributed by atoms with Crippen molar-refractivity contribution in [1.29, 1.82) is 0 Å². The third-order valence-corrected chi connectivity index (χ3v) is 5.28. The smallest absolute Gasteiger partial charge is 0.480 e. The average molecular weight is 465 g/mol. The van der Waals surface area contributed by atoms with Gasteiger partial charge in [0.2, 0.25) is 0 Å². The number of nitrogens with one attached hydrogen (secondary N) is 1. The highest BCUT2D eigenvalue weighted by Gasteiger charge is 2.31. The number of alkyl halides is 3. The summed E-state index contributed by atoms with van der Waals surface area (Å²) in [4.78, 5) is 25.9. The third-order valence-electron chi connectivity index (χ3n) is 5.28. The molecule has 0 aromatic heterocycles. The van der Waals surface area contributed by atoms with Crippen LogP contribution in [0.2, 0.25) is 0 Å². The molecule has 2 aromatic carbocycles. The summed E-state index contributed by atoms with van der Waals surface area (Å²) >= 11 is 0. The Kier molecular flexibility index (Phi) is 7.93. The van der Waals surface area contributed by atoms with Crippen molar-refractivity contribution in [2.24, 2.45) is 11.7 Å². The van der Waals surface area contributed by atoms with Crippen molar-refractivity contribution in [3.63, 3.8) is 0 Å². The maximum absolute atomic E-state index is 12.7. The summed E-state index contributed by atoms with van der Waals surface area (Å²) in [5, 5.41) is 11.8. The molecule has 4 N–H and O–H groups in total. The van der Waals surface area contributed by atoms with E-state index < -0.39 is 30.0 Å². The first kappa shape index (κ1) is 24.5. The topological polar surface area (TPSA) is 105 Å². The molecular weight excluding hydrogens is 439 g/mol. The summed E-state index contributed by atoms with van der Waals surface area (Å²) in [6.45, 7) is 1.75. The molecule has 0 bridgehead atoms. The standard InChI is InChI=1S/C23H26F3N3O4/c24-23(25,26)33-18-6-3-5-16(12-18)21(30)28-20-7-2-1-4-17(20)14-29(13-15-8-9-15)11-10-19(27)22(31)32/h1-7,12,15,19H,8-11,13-14,27H2,(H,28,30)(H,31,32). The van der Waals surface area contributed by atoms with Crippen LogP contribution < -0.4 is 15.8 Å². The summed E-state index contributed by atoms with van der Waals surface area (Å²) in [7, 11) is 0. The van der Waals surface area contributed by atoms with Crippen molar-refractivity contribution in [3.05, 3.63) is 59.7 Å². The van der Waals surface area contributed by atoms with Crippen LogP contribution in [0.1, 0.15) is 35.2 Å². The molecule has 0 radical (unpaired) electrons. The molecule has 1 fully saturated rings. The molecule has 1 aliphatic rings. The van der Waals surface area contributed by atoms with Crippen LogP contribution >= 0.6 is 0 Å². The van der Waals surface area contributed by atoms with Gasteiger partial charge in [-0.2, -0.15) is 0 Å². The van der Waals surface area contributed by atoms with Gasteiger partial charge in [-0.3, -0.25) is 14.5 Å². The lowest BCUT2D eigenvalue weighted by atomic mass is 10.1. The van der Waals surface area contributed by atoms with E-state index in [0.29, 0.717) is 31.1 Å². The molecule has 2 aromatic rings. The molecular formula is C23H26F3N3O4. The molecule has 10 heteroatoms. The van der Waals surface area contributed by atoms with E-state index in [-0.39, 0.29) is 5.56 Å². The van der Waals surface area contributed by atoms with E-state index in [1.165, 1.54) is 12.1 Å². The first-order chi connectivity index (χ1) is 15.6. The van der Waals surface area contributed by atoms with E-state index in [2.05, 4.69) is 15.0 Å². The maximum Gasteiger partial charge on any atom is 0.573 e. The van der Waals surface area contributed by atoms with E-state index in [0.717, 1.165) is 37.1 Å². The van der Waals surface area contributed by atoms with Gasteiger partial charge < -0.3 is 20.9 Å². The Morgan fingerprint density at radius 1 is 1.18 bits per heavy atom. The third kappa shape index (κ3) is 8.07. The maximum atomic E-state index is 12.7. The van der Waals surface area contributed by atoms with Gasteiger partial charge in [0.1, 0.15) is 11.8 Å². The Morgan fingerprint density at radius 3 is 2.58 bits per heavy atom. The molecule has 0 aliphatic heterocycles. The lowest BCUT2D eigenvalue weighted by Crippen LogP contribution is -2.36. The van der Waals surface area contributed by atoms with Gasteiger partial charge in [-0.15, -0.1) is 13.2 Å². The van der Waals surface area contributed by atoms with Gasteiger partial charge in [0.05, 0.1) is 0 Å². The predicted octanol–water partition coefficient (Wildman–Crippen LogP) is 3.85. The Balaban J connectivity index is 1.70. The van der Waals surface area contributed by atoms with Crippen molar-refractivity contribution in [1.82, 2.24) is 4.90 Å². The fraction of sp³-hybridized carbons (Fsp3) is 0.391. The number of anilines is 1. The first-order valence-corrected chi connectivity index (χ1v) is 10.6. The number of carboxylic acid groups (broad SMARTS) is 1. The van der Waals surface area contributed by atoms with E-state index in [1.54, 1.807) is 12.1 Å². The van der Waals surface area contributed by atoms with Crippen LogP contribution in [0.25, 0.3) is 0 Å². The molecule has 33 heavy (non-hydrogen) atoms. The van der Waals surface area contributed by atoms with Crippen molar-refractivity contribution in [2.75, 3.05) is 18.4 Å². The van der Waals surface area contributed by atoms with Crippen molar-refractivity contribution >= 4 is 17.6 Å². The molecule has 1 amide bonds. The van der Waals surface area contributed by atoms with Gasteiger partial charge >= 0.3 is 12.3 Å². The second kappa shape index (κ2) is 10.7. The number of halogens is 3. The SMILES string of the molecule is NC(CCN(Cc1ccccc1NC(=O)c1cccc(OC(F)(F)F)c1)CC1CC1)C(=O)O. The van der Waals surface area contributed by atoms with Gasteiger partial charge in [0.15, 0.2) is 0 Å². The van der Waals surface area contributed by atoms with Crippen LogP contribution in [0.4, 0.5) is 18.9 Å². The van der Waals surface area contributed by atoms with Crippen LogP contribution in [0, 0.1) is 5.92 Å². The number of hydrogen-bond acceptors (Lipinski definition) is 5. The van der Waals surface area contributed by atoms with Gasteiger partial charge in [-0.05, 0) is 55.0 Å². The lowest BCUT2D eigenvalue weighted by Gasteiger charge is -2.24. The van der Waals surface area contributed by atoms with Crippen LogP contribution in [-0.4, -0.2) is 47.4 Å². The number of carbonyl (C=O) groups excluding carboxylic acids is 1. The second-order valence-electron chi connectivity index (χ2n) is 8.10. The molecule has 178 valence electrons. The van der Waals surface area contributed by atoms with Crippen LogP contribution in [0.3, 0.4) is 0 Å². The van der Waals surface area contributed by atoms with Crippen molar-refractivity contribution in [3.8, 4) is 5.75 Å². The molecule has 0 heterocycles. The highest BCUT2D eigenvalue weighted by molar-refractivity contribution is 6.04. The summed E-state index contributed by atoms with van der Waals surface area (Å²) in [5.74, 6) is -1.54. The molecule has 3 rings (SSSR count). The number of ether oxygens (including phenoxy) is 1. The van der Waals surface area contributed by atoms with Crippen LogP contribution in [-0.2, 0) is 11.3 Å². The van der Waals surface area contributed by atoms with Crippen LogP contribution in [0.15, 0.2) is 48.5 Å². The number of hydrogen-bond donors (Lipinski definition) is 3. The average Bonchev–Trinajstić information content (AvgIpc) is 3.56. The van der Waals surface area contributed by atoms with Gasteiger partial charge in [0, 0.05) is 30.9 Å². The lowest BCUT2D eigenvalue weighted by molar-refractivity contribution is -0.274.